The van der Waals surface area contributed by atoms with Crippen LogP contribution in [0.25, 0.3) is 0 Å². The maximum absolute atomic E-state index is 10.7. The summed E-state index contributed by atoms with van der Waals surface area (Å²) in [6.45, 7) is 5.03. The fraction of sp³-hybridized carbons (Fsp3) is 0.364. The molecule has 1 aromatic carbocycles. The molecule has 82 valence electrons. The second kappa shape index (κ2) is 5.03. The van der Waals surface area contributed by atoms with Crippen LogP contribution < -0.4 is 5.32 Å². The van der Waals surface area contributed by atoms with Crippen molar-refractivity contribution in [1.29, 1.82) is 0 Å². The van der Waals surface area contributed by atoms with Crippen molar-refractivity contribution in [2.45, 2.75) is 13.8 Å². The predicted molar refractivity (Wildman–Crippen MR) is 61.7 cm³/mol. The first-order chi connectivity index (χ1) is 7.00. The van der Waals surface area contributed by atoms with Crippen LogP contribution in [0.5, 0.6) is 0 Å². The maximum Gasteiger partial charge on any atom is 0.337 e. The van der Waals surface area contributed by atoms with E-state index < -0.39 is 5.97 Å². The third-order valence-electron chi connectivity index (χ3n) is 1.91. The van der Waals surface area contributed by atoms with E-state index in [9.17, 15) is 4.79 Å². The first-order valence-corrected chi connectivity index (χ1v) is 5.15. The Balaban J connectivity index is 2.78. The van der Waals surface area contributed by atoms with Crippen LogP contribution in [0.3, 0.4) is 0 Å². The number of carboxylic acids is 1. The van der Waals surface area contributed by atoms with E-state index in [4.69, 9.17) is 16.7 Å². The van der Waals surface area contributed by atoms with E-state index in [1.165, 1.54) is 6.07 Å². The molecule has 0 unspecified atom stereocenters. The highest BCUT2D eigenvalue weighted by molar-refractivity contribution is 6.33. The van der Waals surface area contributed by atoms with Gasteiger partial charge < -0.3 is 10.4 Å². The van der Waals surface area contributed by atoms with Gasteiger partial charge in [-0.25, -0.2) is 4.79 Å². The zero-order chi connectivity index (χ0) is 11.4. The van der Waals surface area contributed by atoms with Crippen molar-refractivity contribution in [3.05, 3.63) is 28.8 Å². The molecule has 0 spiro atoms. The fourth-order valence-electron chi connectivity index (χ4n) is 1.12. The lowest BCUT2D eigenvalue weighted by atomic mass is 10.2. The molecule has 0 radical (unpaired) electrons. The second-order valence-electron chi connectivity index (χ2n) is 3.77. The summed E-state index contributed by atoms with van der Waals surface area (Å²) in [4.78, 5) is 10.7. The molecule has 15 heavy (non-hydrogen) atoms. The fourth-order valence-corrected chi connectivity index (χ4v) is 1.38. The number of nitrogens with one attached hydrogen (secondary N) is 1. The topological polar surface area (TPSA) is 49.3 Å². The summed E-state index contributed by atoms with van der Waals surface area (Å²) in [5, 5.41) is 12.2. The third-order valence-corrected chi connectivity index (χ3v) is 2.23. The van der Waals surface area contributed by atoms with Crippen LogP contribution in [0.2, 0.25) is 5.02 Å². The summed E-state index contributed by atoms with van der Waals surface area (Å²) in [6, 6.07) is 4.86. The van der Waals surface area contributed by atoms with Crippen LogP contribution >= 0.6 is 11.6 Å². The van der Waals surface area contributed by atoms with Crippen LogP contribution in [0, 0.1) is 5.92 Å². The molecule has 0 bridgehead atoms. The Labute approximate surface area is 94.1 Å². The van der Waals surface area contributed by atoms with Crippen molar-refractivity contribution in [3.63, 3.8) is 0 Å². The smallest absolute Gasteiger partial charge is 0.337 e. The minimum Gasteiger partial charge on any atom is -0.478 e. The van der Waals surface area contributed by atoms with E-state index in [2.05, 4.69) is 19.2 Å². The van der Waals surface area contributed by atoms with Gasteiger partial charge in [0.05, 0.1) is 10.6 Å². The van der Waals surface area contributed by atoms with Gasteiger partial charge in [0.25, 0.3) is 0 Å². The van der Waals surface area contributed by atoms with Gasteiger partial charge in [0.1, 0.15) is 0 Å². The lowest BCUT2D eigenvalue weighted by Gasteiger charge is -2.09. The number of aromatic carboxylic acids is 1. The molecular formula is C11H14ClNO2. The van der Waals surface area contributed by atoms with Gasteiger partial charge in [0, 0.05) is 12.2 Å². The SMILES string of the molecule is CC(C)CNc1ccc(C(=O)O)c(Cl)c1. The number of anilines is 1. The van der Waals surface area contributed by atoms with Crippen LogP contribution in [0.4, 0.5) is 5.69 Å². The molecule has 0 amide bonds. The molecular weight excluding hydrogens is 214 g/mol. The molecule has 0 fully saturated rings. The predicted octanol–water partition coefficient (Wildman–Crippen LogP) is 3.11. The molecule has 0 saturated carbocycles. The van der Waals surface area contributed by atoms with E-state index in [0.29, 0.717) is 5.92 Å². The summed E-state index contributed by atoms with van der Waals surface area (Å²) >= 11 is 5.82. The third kappa shape index (κ3) is 3.44. The molecule has 1 rings (SSSR count). The van der Waals surface area contributed by atoms with Gasteiger partial charge >= 0.3 is 5.97 Å². The van der Waals surface area contributed by atoms with E-state index in [1.54, 1.807) is 12.1 Å². The van der Waals surface area contributed by atoms with Crippen molar-refractivity contribution in [2.75, 3.05) is 11.9 Å². The highest BCUT2D eigenvalue weighted by atomic mass is 35.5. The maximum atomic E-state index is 10.7. The largest absolute Gasteiger partial charge is 0.478 e. The van der Waals surface area contributed by atoms with Crippen molar-refractivity contribution in [1.82, 2.24) is 0 Å². The Hall–Kier alpha value is -1.22. The van der Waals surface area contributed by atoms with Crippen LogP contribution in [0.15, 0.2) is 18.2 Å². The highest BCUT2D eigenvalue weighted by Crippen LogP contribution is 2.21. The number of hydrogen-bond acceptors (Lipinski definition) is 2. The number of benzene rings is 1. The molecule has 0 aliphatic heterocycles. The molecule has 3 nitrogen and oxygen atoms in total. The van der Waals surface area contributed by atoms with Gasteiger partial charge in [-0.3, -0.25) is 0 Å². The Kier molecular flexibility index (Phi) is 3.97. The van der Waals surface area contributed by atoms with E-state index in [0.717, 1.165) is 12.2 Å². The Morgan fingerprint density at radius 1 is 1.53 bits per heavy atom. The van der Waals surface area contributed by atoms with Gasteiger partial charge in [-0.05, 0) is 24.1 Å². The normalized spacial score (nSPS) is 10.4. The Morgan fingerprint density at radius 2 is 2.20 bits per heavy atom. The first-order valence-electron chi connectivity index (χ1n) is 4.77. The molecule has 0 atom stereocenters. The van der Waals surface area contributed by atoms with Crippen molar-refractivity contribution in [3.8, 4) is 0 Å². The Morgan fingerprint density at radius 3 is 2.67 bits per heavy atom. The zero-order valence-electron chi connectivity index (χ0n) is 8.75. The quantitative estimate of drug-likeness (QED) is 0.831. The zero-order valence-corrected chi connectivity index (χ0v) is 9.51. The second-order valence-corrected chi connectivity index (χ2v) is 4.18. The number of hydrogen-bond donors (Lipinski definition) is 2. The van der Waals surface area contributed by atoms with E-state index >= 15 is 0 Å². The van der Waals surface area contributed by atoms with Gasteiger partial charge in [0.15, 0.2) is 0 Å². The lowest BCUT2D eigenvalue weighted by molar-refractivity contribution is 0.0697. The first kappa shape index (κ1) is 11.9. The highest BCUT2D eigenvalue weighted by Gasteiger charge is 2.08. The summed E-state index contributed by atoms with van der Waals surface area (Å²) < 4.78 is 0. The summed E-state index contributed by atoms with van der Waals surface area (Å²) in [7, 11) is 0. The van der Waals surface area contributed by atoms with Gasteiger partial charge in [-0.15, -0.1) is 0 Å². The lowest BCUT2D eigenvalue weighted by Crippen LogP contribution is -2.08. The van der Waals surface area contributed by atoms with E-state index in [-0.39, 0.29) is 10.6 Å². The number of carbonyl (C=O) groups is 1. The van der Waals surface area contributed by atoms with Crippen LogP contribution in [-0.2, 0) is 0 Å². The molecule has 4 heteroatoms. The average molecular weight is 228 g/mol. The monoisotopic (exact) mass is 227 g/mol. The van der Waals surface area contributed by atoms with Gasteiger partial charge in [-0.2, -0.15) is 0 Å². The molecule has 0 aliphatic carbocycles. The minimum atomic E-state index is -1.00. The minimum absolute atomic E-state index is 0.131. The van der Waals surface area contributed by atoms with Gasteiger partial charge in [0.2, 0.25) is 0 Å². The number of carboxylic acid groups (broad SMARTS) is 1. The molecule has 0 aromatic heterocycles. The van der Waals surface area contributed by atoms with Crippen molar-refractivity contribution < 1.29 is 9.90 Å². The summed E-state index contributed by atoms with van der Waals surface area (Å²) in [6.07, 6.45) is 0. The van der Waals surface area contributed by atoms with Gasteiger partial charge in [-0.1, -0.05) is 25.4 Å². The standard InChI is InChI=1S/C11H14ClNO2/c1-7(2)6-13-8-3-4-9(11(14)15)10(12)5-8/h3-5,7,13H,6H2,1-2H3,(H,14,15). The van der Waals surface area contributed by atoms with Crippen molar-refractivity contribution in [2.24, 2.45) is 5.92 Å². The molecule has 1 aromatic rings. The number of rotatable bonds is 4. The molecule has 0 heterocycles. The molecule has 2 N–H and O–H groups in total. The molecule has 0 aliphatic rings. The Bertz CT molecular complexity index is 364. The van der Waals surface area contributed by atoms with Crippen LogP contribution in [0.1, 0.15) is 24.2 Å². The molecule has 0 saturated heterocycles. The van der Waals surface area contributed by atoms with Crippen molar-refractivity contribution >= 4 is 23.3 Å². The number of halogens is 1. The summed E-state index contributed by atoms with van der Waals surface area (Å²) in [5.74, 6) is -0.474. The van der Waals surface area contributed by atoms with E-state index in [1.807, 2.05) is 0 Å². The summed E-state index contributed by atoms with van der Waals surface area (Å²) in [5.41, 5.74) is 0.977. The average Bonchev–Trinajstić information content (AvgIpc) is 2.14. The van der Waals surface area contributed by atoms with Crippen LogP contribution in [-0.4, -0.2) is 17.6 Å².